The predicted molar refractivity (Wildman–Crippen MR) is 164 cm³/mol. The van der Waals surface area contributed by atoms with Gasteiger partial charge >= 0.3 is 0 Å². The lowest BCUT2D eigenvalue weighted by Crippen LogP contribution is -2.49. The third kappa shape index (κ3) is 9.57. The molecule has 8 heteroatoms. The number of hydrogen-bond acceptors (Lipinski definition) is 8. The van der Waals surface area contributed by atoms with Crippen molar-refractivity contribution in [1.82, 2.24) is 4.90 Å². The number of carbonyl (C=O) groups excluding carboxylic acids is 2. The molecule has 0 amide bonds. The van der Waals surface area contributed by atoms with Crippen molar-refractivity contribution in [3.05, 3.63) is 72.3 Å². The summed E-state index contributed by atoms with van der Waals surface area (Å²) in [7, 11) is 1.64. The van der Waals surface area contributed by atoms with Gasteiger partial charge < -0.3 is 13.7 Å². The quantitative estimate of drug-likeness (QED) is 0.140. The van der Waals surface area contributed by atoms with Gasteiger partial charge in [0.05, 0.1) is 39.1 Å². The van der Waals surface area contributed by atoms with E-state index in [9.17, 15) is 9.59 Å². The number of Topliss-reactive ketones (excluding diaryl/α,β-unsaturated/α-hetero) is 1. The van der Waals surface area contributed by atoms with Crippen LogP contribution in [0.1, 0.15) is 37.7 Å². The summed E-state index contributed by atoms with van der Waals surface area (Å²) >= 11 is 2.75. The Morgan fingerprint density at radius 1 is 1.00 bits per heavy atom. The third-order valence-corrected chi connectivity index (χ3v) is 9.27. The van der Waals surface area contributed by atoms with Crippen LogP contribution in [0.2, 0.25) is 0 Å². The van der Waals surface area contributed by atoms with Crippen LogP contribution in [0.5, 0.6) is 0 Å². The van der Waals surface area contributed by atoms with Crippen molar-refractivity contribution in [3.8, 4) is 11.1 Å². The Hall–Kier alpha value is -1.94. The lowest BCUT2D eigenvalue weighted by molar-refractivity contribution is -0.124. The van der Waals surface area contributed by atoms with Gasteiger partial charge in [-0.3, -0.25) is 14.5 Å². The maximum atomic E-state index is 13.2. The molecular weight excluding hydrogens is 542 g/mol. The van der Waals surface area contributed by atoms with Gasteiger partial charge in [0.15, 0.2) is 10.9 Å². The van der Waals surface area contributed by atoms with Crippen LogP contribution in [0, 0.1) is 5.92 Å². The molecule has 0 spiro atoms. The average molecular weight is 584 g/mol. The minimum Gasteiger partial charge on any atom is -0.379 e. The molecule has 1 heterocycles. The molecule has 1 aliphatic heterocycles. The van der Waals surface area contributed by atoms with Gasteiger partial charge in [-0.05, 0) is 48.0 Å². The van der Waals surface area contributed by atoms with Crippen LogP contribution in [0.3, 0.4) is 0 Å². The first-order valence-electron chi connectivity index (χ1n) is 14.2. The summed E-state index contributed by atoms with van der Waals surface area (Å²) in [6.45, 7) is 3.42. The fraction of sp³-hybridized carbons (Fsp3) is 0.500. The standard InChI is InChI=1S/C32H41NO5S2/c1-36-40-22-21-39-31(35)12-8-3-2-7-11-28-30(23-29(34)32(28)33-17-19-37-20-18-33)38-24-25-13-15-27(16-14-25)26-9-5-4-6-10-26/h2-6,9-10,13-16,28,30,32H,7-8,11-12,17-24H2,1H3/t28-,30-,32+/m0/s1. The van der Waals surface area contributed by atoms with Gasteiger partial charge in [0, 0.05) is 43.4 Å². The molecule has 1 aliphatic carbocycles. The van der Waals surface area contributed by atoms with Gasteiger partial charge in [0.25, 0.3) is 0 Å². The average Bonchev–Trinajstić information content (AvgIpc) is 3.31. The minimum atomic E-state index is -0.106. The first-order valence-corrected chi connectivity index (χ1v) is 16.1. The molecule has 0 bridgehead atoms. The van der Waals surface area contributed by atoms with Crippen LogP contribution in [0.15, 0.2) is 66.7 Å². The van der Waals surface area contributed by atoms with Gasteiger partial charge in [-0.25, -0.2) is 0 Å². The topological polar surface area (TPSA) is 65.1 Å². The second-order valence-electron chi connectivity index (χ2n) is 10.1. The molecule has 0 radical (unpaired) electrons. The van der Waals surface area contributed by atoms with Crippen molar-refractivity contribution in [1.29, 1.82) is 0 Å². The molecule has 1 saturated carbocycles. The SMILES string of the molecule is COSCCSC(=O)CCC=CCC[C@H]1[C@@H](OCc2ccc(-c3ccccc3)cc2)CC(=O)[C@@H]1N1CCOCC1. The van der Waals surface area contributed by atoms with E-state index in [4.69, 9.17) is 13.7 Å². The van der Waals surface area contributed by atoms with Crippen LogP contribution >= 0.6 is 23.8 Å². The summed E-state index contributed by atoms with van der Waals surface area (Å²) in [4.78, 5) is 27.6. The van der Waals surface area contributed by atoms with Crippen molar-refractivity contribution in [3.63, 3.8) is 0 Å². The number of ketones is 1. The maximum absolute atomic E-state index is 13.2. The number of ether oxygens (including phenoxy) is 2. The maximum Gasteiger partial charge on any atom is 0.189 e. The molecule has 2 fully saturated rings. The summed E-state index contributed by atoms with van der Waals surface area (Å²) in [6, 6.07) is 18.7. The molecule has 216 valence electrons. The Labute approximate surface area is 247 Å². The van der Waals surface area contributed by atoms with Gasteiger partial charge in [0.1, 0.15) is 0 Å². The number of thioether (sulfide) groups is 1. The molecule has 0 aromatic heterocycles. The zero-order valence-electron chi connectivity index (χ0n) is 23.4. The Morgan fingerprint density at radius 2 is 1.73 bits per heavy atom. The van der Waals surface area contributed by atoms with E-state index in [2.05, 4.69) is 53.5 Å². The highest BCUT2D eigenvalue weighted by atomic mass is 32.2. The van der Waals surface area contributed by atoms with Gasteiger partial charge in [-0.1, -0.05) is 78.5 Å². The molecule has 1 saturated heterocycles. The Balaban J connectivity index is 1.29. The van der Waals surface area contributed by atoms with Crippen molar-refractivity contribution in [2.75, 3.05) is 44.9 Å². The second kappa shape index (κ2) is 17.1. The van der Waals surface area contributed by atoms with Gasteiger partial charge in [-0.2, -0.15) is 0 Å². The molecule has 3 atom stereocenters. The van der Waals surface area contributed by atoms with Crippen LogP contribution in [-0.2, 0) is 29.9 Å². The van der Waals surface area contributed by atoms with Crippen LogP contribution in [-0.4, -0.2) is 72.9 Å². The minimum absolute atomic E-state index is 0.0921. The Kier molecular flexibility index (Phi) is 13.3. The highest BCUT2D eigenvalue weighted by Gasteiger charge is 2.45. The second-order valence-corrected chi connectivity index (χ2v) is 12.3. The molecule has 0 N–H and O–H groups in total. The summed E-state index contributed by atoms with van der Waals surface area (Å²) in [5.74, 6) is 2.03. The number of rotatable bonds is 15. The van der Waals surface area contributed by atoms with E-state index in [1.807, 2.05) is 18.2 Å². The molecule has 0 unspecified atom stereocenters. The molecule has 2 aromatic carbocycles. The van der Waals surface area contributed by atoms with E-state index in [-0.39, 0.29) is 29.0 Å². The Bertz CT molecular complexity index is 1070. The molecule has 6 nitrogen and oxygen atoms in total. The van der Waals surface area contributed by atoms with Crippen molar-refractivity contribution < 1.29 is 23.2 Å². The highest BCUT2D eigenvalue weighted by molar-refractivity contribution is 8.14. The van der Waals surface area contributed by atoms with Crippen molar-refractivity contribution in [2.24, 2.45) is 5.92 Å². The zero-order chi connectivity index (χ0) is 28.0. The van der Waals surface area contributed by atoms with Crippen LogP contribution in [0.25, 0.3) is 11.1 Å². The largest absolute Gasteiger partial charge is 0.379 e. The summed E-state index contributed by atoms with van der Waals surface area (Å²) < 4.78 is 16.9. The van der Waals surface area contributed by atoms with Crippen molar-refractivity contribution >= 4 is 34.7 Å². The smallest absolute Gasteiger partial charge is 0.189 e. The fourth-order valence-electron chi connectivity index (χ4n) is 5.47. The van der Waals surface area contributed by atoms with Crippen LogP contribution < -0.4 is 0 Å². The number of benzene rings is 2. The normalized spacial score (nSPS) is 21.8. The van der Waals surface area contributed by atoms with E-state index in [0.717, 1.165) is 49.4 Å². The molecule has 40 heavy (non-hydrogen) atoms. The monoisotopic (exact) mass is 583 g/mol. The summed E-state index contributed by atoms with van der Waals surface area (Å²) in [5, 5.41) is 0.223. The first-order chi connectivity index (χ1) is 19.7. The summed E-state index contributed by atoms with van der Waals surface area (Å²) in [5.41, 5.74) is 3.49. The Morgan fingerprint density at radius 3 is 2.48 bits per heavy atom. The fourth-order valence-corrected chi connectivity index (χ4v) is 6.73. The molecular formula is C32H41NO5S2. The highest BCUT2D eigenvalue weighted by Crippen LogP contribution is 2.35. The number of carbonyl (C=O) groups is 2. The summed E-state index contributed by atoms with van der Waals surface area (Å²) in [6.07, 6.45) is 7.70. The lowest BCUT2D eigenvalue weighted by atomic mass is 9.93. The molecule has 2 aromatic rings. The number of allylic oxidation sites excluding steroid dienone is 2. The van der Waals surface area contributed by atoms with E-state index in [0.29, 0.717) is 32.7 Å². The van der Waals surface area contributed by atoms with Crippen LogP contribution in [0.4, 0.5) is 0 Å². The third-order valence-electron chi connectivity index (χ3n) is 7.48. The van der Waals surface area contributed by atoms with E-state index < -0.39 is 0 Å². The van der Waals surface area contributed by atoms with Crippen molar-refractivity contribution in [2.45, 2.75) is 50.9 Å². The first kappa shape index (κ1) is 31.0. The molecule has 4 rings (SSSR count). The lowest BCUT2D eigenvalue weighted by Gasteiger charge is -2.35. The van der Waals surface area contributed by atoms with E-state index in [1.54, 1.807) is 7.11 Å². The molecule has 2 aliphatic rings. The zero-order valence-corrected chi connectivity index (χ0v) is 25.0. The van der Waals surface area contributed by atoms with Gasteiger partial charge in [-0.15, -0.1) is 0 Å². The van der Waals surface area contributed by atoms with E-state index >= 15 is 0 Å². The number of nitrogens with zero attached hydrogens (tertiary/aromatic N) is 1. The predicted octanol–water partition coefficient (Wildman–Crippen LogP) is 6.20. The number of hydrogen-bond donors (Lipinski definition) is 0. The van der Waals surface area contributed by atoms with Gasteiger partial charge in [0.2, 0.25) is 0 Å². The van der Waals surface area contributed by atoms with E-state index in [1.165, 1.54) is 34.9 Å². The number of morpholine rings is 1.